The highest BCUT2D eigenvalue weighted by molar-refractivity contribution is 6.03. The van der Waals surface area contributed by atoms with Crippen LogP contribution in [0.4, 0.5) is 34.6 Å². The predicted molar refractivity (Wildman–Crippen MR) is 93.7 cm³/mol. The average molecular weight is 391 g/mol. The molecule has 28 heavy (non-hydrogen) atoms. The highest BCUT2D eigenvalue weighted by Gasteiger charge is 2.32. The quantitative estimate of drug-likeness (QED) is 0.680. The largest absolute Gasteiger partial charge is 0.433 e. The van der Waals surface area contributed by atoms with E-state index in [2.05, 4.69) is 20.3 Å². The van der Waals surface area contributed by atoms with Crippen LogP contribution < -0.4 is 10.2 Å². The van der Waals surface area contributed by atoms with E-state index in [4.69, 9.17) is 0 Å². The molecular formula is C18H13F4N5O. The maximum Gasteiger partial charge on any atom is 0.433 e. The van der Waals surface area contributed by atoms with Crippen molar-refractivity contribution in [1.29, 1.82) is 0 Å². The van der Waals surface area contributed by atoms with Gasteiger partial charge in [0, 0.05) is 12.7 Å². The Labute approximate surface area is 156 Å². The molecule has 0 aliphatic carbocycles. The summed E-state index contributed by atoms with van der Waals surface area (Å²) in [5.41, 5.74) is -0.785. The summed E-state index contributed by atoms with van der Waals surface area (Å²) in [4.78, 5) is 24.8. The third kappa shape index (κ3) is 4.22. The number of benzene rings is 1. The Kier molecular flexibility index (Phi) is 5.21. The molecule has 1 N–H and O–H groups in total. The summed E-state index contributed by atoms with van der Waals surface area (Å²) < 4.78 is 52.5. The third-order valence-corrected chi connectivity index (χ3v) is 3.77. The van der Waals surface area contributed by atoms with Gasteiger partial charge in [-0.25, -0.2) is 19.3 Å². The van der Waals surface area contributed by atoms with Crippen molar-refractivity contribution in [3.05, 3.63) is 72.3 Å². The molecule has 0 fully saturated rings. The highest BCUT2D eigenvalue weighted by atomic mass is 19.4. The highest BCUT2D eigenvalue weighted by Crippen LogP contribution is 2.29. The second-order valence-corrected chi connectivity index (χ2v) is 5.68. The Balaban J connectivity index is 1.85. The normalized spacial score (nSPS) is 11.2. The lowest BCUT2D eigenvalue weighted by atomic mass is 10.2. The molecule has 2 aromatic heterocycles. The van der Waals surface area contributed by atoms with E-state index in [0.717, 1.165) is 24.3 Å². The zero-order valence-electron chi connectivity index (χ0n) is 14.4. The molecule has 0 saturated carbocycles. The fraction of sp³-hybridized carbons (Fsp3) is 0.111. The topological polar surface area (TPSA) is 71.0 Å². The molecule has 0 aliphatic rings. The van der Waals surface area contributed by atoms with Crippen LogP contribution in [0.3, 0.4) is 0 Å². The lowest BCUT2D eigenvalue weighted by Crippen LogP contribution is -2.18. The molecule has 0 atom stereocenters. The Morgan fingerprint density at radius 3 is 2.50 bits per heavy atom. The van der Waals surface area contributed by atoms with Crippen molar-refractivity contribution in [2.24, 2.45) is 0 Å². The molecule has 0 unspecified atom stereocenters. The van der Waals surface area contributed by atoms with E-state index < -0.39 is 29.3 Å². The summed E-state index contributed by atoms with van der Waals surface area (Å²) in [5, 5.41) is 2.42. The van der Waals surface area contributed by atoms with Gasteiger partial charge in [0.05, 0.1) is 23.8 Å². The molecular weight excluding hydrogens is 378 g/mol. The minimum Gasteiger partial charge on any atom is -0.340 e. The Morgan fingerprint density at radius 2 is 1.82 bits per heavy atom. The number of hydrogen-bond acceptors (Lipinski definition) is 5. The minimum absolute atomic E-state index is 0.115. The molecule has 6 nitrogen and oxygen atoms in total. The number of hydrogen-bond donors (Lipinski definition) is 1. The number of aromatic nitrogens is 3. The SMILES string of the molecule is CN(c1cncnc1)c1cc(NC(=O)c2cccc(C(F)(F)F)n2)ccc1F. The molecule has 1 amide bonds. The van der Waals surface area contributed by atoms with Gasteiger partial charge in [-0.15, -0.1) is 0 Å². The van der Waals surface area contributed by atoms with Crippen LogP contribution in [-0.4, -0.2) is 27.9 Å². The van der Waals surface area contributed by atoms with Gasteiger partial charge in [-0.05, 0) is 30.3 Å². The van der Waals surface area contributed by atoms with Crippen LogP contribution in [-0.2, 0) is 6.18 Å². The van der Waals surface area contributed by atoms with Gasteiger partial charge in [0.25, 0.3) is 5.91 Å². The van der Waals surface area contributed by atoms with E-state index in [1.54, 1.807) is 7.05 Å². The second-order valence-electron chi connectivity index (χ2n) is 5.68. The number of anilines is 3. The first-order chi connectivity index (χ1) is 13.3. The Hall–Kier alpha value is -3.56. The number of carbonyl (C=O) groups is 1. The number of nitrogens with one attached hydrogen (secondary N) is 1. The van der Waals surface area contributed by atoms with Crippen LogP contribution in [0, 0.1) is 5.82 Å². The van der Waals surface area contributed by atoms with Crippen LogP contribution in [0.15, 0.2) is 55.1 Å². The number of amides is 1. The smallest absolute Gasteiger partial charge is 0.340 e. The third-order valence-electron chi connectivity index (χ3n) is 3.77. The van der Waals surface area contributed by atoms with Gasteiger partial charge in [-0.1, -0.05) is 6.07 Å². The van der Waals surface area contributed by atoms with Gasteiger partial charge < -0.3 is 10.2 Å². The number of halogens is 4. The van der Waals surface area contributed by atoms with Gasteiger partial charge in [0.1, 0.15) is 23.5 Å². The van der Waals surface area contributed by atoms with E-state index in [1.807, 2.05) is 0 Å². The van der Waals surface area contributed by atoms with Crippen LogP contribution in [0.5, 0.6) is 0 Å². The first-order valence-electron chi connectivity index (χ1n) is 7.89. The fourth-order valence-corrected chi connectivity index (χ4v) is 2.37. The first-order valence-corrected chi connectivity index (χ1v) is 7.89. The second kappa shape index (κ2) is 7.59. The molecule has 0 spiro atoms. The number of nitrogens with zero attached hydrogens (tertiary/aromatic N) is 4. The lowest BCUT2D eigenvalue weighted by Gasteiger charge is -2.20. The van der Waals surface area contributed by atoms with Crippen molar-refractivity contribution in [3.8, 4) is 0 Å². The van der Waals surface area contributed by atoms with Gasteiger partial charge in [0.2, 0.25) is 0 Å². The van der Waals surface area contributed by atoms with Crippen molar-refractivity contribution in [2.45, 2.75) is 6.18 Å². The minimum atomic E-state index is -4.67. The summed E-state index contributed by atoms with van der Waals surface area (Å²) in [6.45, 7) is 0. The molecule has 2 heterocycles. The van der Waals surface area contributed by atoms with Crippen molar-refractivity contribution >= 4 is 23.0 Å². The fourth-order valence-electron chi connectivity index (χ4n) is 2.37. The van der Waals surface area contributed by atoms with Crippen molar-refractivity contribution < 1.29 is 22.4 Å². The Morgan fingerprint density at radius 1 is 1.11 bits per heavy atom. The van der Waals surface area contributed by atoms with E-state index in [-0.39, 0.29) is 11.4 Å². The maximum absolute atomic E-state index is 14.2. The van der Waals surface area contributed by atoms with Crippen LogP contribution in [0.25, 0.3) is 0 Å². The molecule has 3 rings (SSSR count). The number of carbonyl (C=O) groups excluding carboxylic acids is 1. The van der Waals surface area contributed by atoms with E-state index in [0.29, 0.717) is 5.69 Å². The molecule has 0 bridgehead atoms. The zero-order chi connectivity index (χ0) is 20.3. The lowest BCUT2D eigenvalue weighted by molar-refractivity contribution is -0.141. The van der Waals surface area contributed by atoms with E-state index >= 15 is 0 Å². The molecule has 10 heteroatoms. The van der Waals surface area contributed by atoms with Crippen LogP contribution >= 0.6 is 0 Å². The van der Waals surface area contributed by atoms with E-state index in [1.165, 1.54) is 35.8 Å². The Bertz CT molecular complexity index is 995. The van der Waals surface area contributed by atoms with Gasteiger partial charge in [0.15, 0.2) is 0 Å². The number of alkyl halides is 3. The molecule has 0 radical (unpaired) electrons. The summed E-state index contributed by atoms with van der Waals surface area (Å²) in [6, 6.07) is 6.77. The first kappa shape index (κ1) is 19.2. The summed E-state index contributed by atoms with van der Waals surface area (Å²) in [6.07, 6.45) is -0.388. The predicted octanol–water partition coefficient (Wildman–Crippen LogP) is 4.05. The van der Waals surface area contributed by atoms with Crippen molar-refractivity contribution in [3.63, 3.8) is 0 Å². The van der Waals surface area contributed by atoms with Gasteiger partial charge in [-0.3, -0.25) is 4.79 Å². The molecule has 144 valence electrons. The van der Waals surface area contributed by atoms with Crippen molar-refractivity contribution in [2.75, 3.05) is 17.3 Å². The molecule has 1 aromatic carbocycles. The van der Waals surface area contributed by atoms with E-state index in [9.17, 15) is 22.4 Å². The molecule has 0 aliphatic heterocycles. The van der Waals surface area contributed by atoms with Crippen LogP contribution in [0.2, 0.25) is 0 Å². The summed E-state index contributed by atoms with van der Waals surface area (Å²) in [5.74, 6) is -1.42. The van der Waals surface area contributed by atoms with Crippen molar-refractivity contribution in [1.82, 2.24) is 15.0 Å². The summed E-state index contributed by atoms with van der Waals surface area (Å²) >= 11 is 0. The molecule has 3 aromatic rings. The maximum atomic E-state index is 14.2. The summed E-state index contributed by atoms with van der Waals surface area (Å²) in [7, 11) is 1.58. The molecule has 0 saturated heterocycles. The van der Waals surface area contributed by atoms with Gasteiger partial charge >= 0.3 is 6.18 Å². The standard InChI is InChI=1S/C18H13F4N5O/c1-27(12-8-23-10-24-9-12)15-7-11(5-6-13(15)19)25-17(28)14-3-2-4-16(26-14)18(20,21)22/h2-10H,1H3,(H,25,28). The number of rotatable bonds is 4. The zero-order valence-corrected chi connectivity index (χ0v) is 14.4. The monoisotopic (exact) mass is 391 g/mol. The van der Waals surface area contributed by atoms with Crippen LogP contribution in [0.1, 0.15) is 16.2 Å². The average Bonchev–Trinajstić information content (AvgIpc) is 2.69. The van der Waals surface area contributed by atoms with Gasteiger partial charge in [-0.2, -0.15) is 13.2 Å². The number of pyridine rings is 1.